The van der Waals surface area contributed by atoms with Crippen LogP contribution in [0, 0.1) is 10.1 Å². The lowest BCUT2D eigenvalue weighted by atomic mass is 9.96. The van der Waals surface area contributed by atoms with E-state index in [0.717, 1.165) is 11.3 Å². The van der Waals surface area contributed by atoms with Gasteiger partial charge in [0.25, 0.3) is 11.2 Å². The van der Waals surface area contributed by atoms with Gasteiger partial charge in [0.05, 0.1) is 46.0 Å². The van der Waals surface area contributed by atoms with Crippen molar-refractivity contribution >= 4 is 40.7 Å². The Kier molecular flexibility index (Phi) is 7.42. The number of nitrogens with zero attached hydrogens (tertiary/aromatic N) is 3. The van der Waals surface area contributed by atoms with Crippen molar-refractivity contribution < 1.29 is 23.6 Å². The molecule has 204 valence electrons. The lowest BCUT2D eigenvalue weighted by molar-refractivity contribution is -0.384. The first kappa shape index (κ1) is 27.1. The van der Waals surface area contributed by atoms with Gasteiger partial charge in [-0.25, -0.2) is 9.79 Å². The molecule has 0 bridgehead atoms. The molecule has 0 unspecified atom stereocenters. The number of nitro benzene ring substituents is 1. The molecule has 5 rings (SSSR count). The van der Waals surface area contributed by atoms with Gasteiger partial charge in [0.1, 0.15) is 17.3 Å². The van der Waals surface area contributed by atoms with Crippen molar-refractivity contribution in [3.8, 4) is 17.1 Å². The van der Waals surface area contributed by atoms with Crippen molar-refractivity contribution in [2.75, 3.05) is 13.7 Å². The maximum absolute atomic E-state index is 13.8. The zero-order chi connectivity index (χ0) is 28.6. The summed E-state index contributed by atoms with van der Waals surface area (Å²) in [4.78, 5) is 42.7. The first-order valence-electron chi connectivity index (χ1n) is 12.1. The van der Waals surface area contributed by atoms with Gasteiger partial charge >= 0.3 is 5.97 Å². The molecule has 2 aromatic carbocycles. The maximum Gasteiger partial charge on any atom is 0.338 e. The summed E-state index contributed by atoms with van der Waals surface area (Å²) in [6.07, 6.45) is 1.55. The van der Waals surface area contributed by atoms with E-state index >= 15 is 0 Å². The van der Waals surface area contributed by atoms with E-state index in [9.17, 15) is 19.7 Å². The largest absolute Gasteiger partial charge is 0.497 e. The van der Waals surface area contributed by atoms with Crippen molar-refractivity contribution in [3.05, 3.63) is 112 Å². The second kappa shape index (κ2) is 10.9. The topological polar surface area (TPSA) is 126 Å². The molecule has 12 heteroatoms. The molecule has 0 aliphatic carbocycles. The number of ether oxygens (including phenoxy) is 2. The average molecular weight is 580 g/mol. The van der Waals surface area contributed by atoms with Gasteiger partial charge in [-0.2, -0.15) is 0 Å². The van der Waals surface area contributed by atoms with E-state index in [-0.39, 0.29) is 39.8 Å². The summed E-state index contributed by atoms with van der Waals surface area (Å²) in [5, 5.41) is 11.8. The number of hydrogen-bond acceptors (Lipinski definition) is 9. The fraction of sp³-hybridized carbons (Fsp3) is 0.179. The monoisotopic (exact) mass is 579 g/mol. The molecule has 3 heterocycles. The Balaban J connectivity index is 1.63. The van der Waals surface area contributed by atoms with Gasteiger partial charge < -0.3 is 13.9 Å². The van der Waals surface area contributed by atoms with Crippen LogP contribution in [0.1, 0.15) is 31.2 Å². The second-order valence-corrected chi connectivity index (χ2v) is 10.1. The third-order valence-electron chi connectivity index (χ3n) is 6.27. The number of esters is 1. The molecule has 4 aromatic rings. The van der Waals surface area contributed by atoms with E-state index < -0.39 is 16.9 Å². The number of hydrogen-bond donors (Lipinski definition) is 0. The predicted molar refractivity (Wildman–Crippen MR) is 149 cm³/mol. The summed E-state index contributed by atoms with van der Waals surface area (Å²) in [5.41, 5.74) is 1.07. The minimum atomic E-state index is -0.771. The maximum atomic E-state index is 13.8. The van der Waals surface area contributed by atoms with Gasteiger partial charge in [0.2, 0.25) is 0 Å². The number of aromatic nitrogens is 1. The highest BCUT2D eigenvalue weighted by Gasteiger charge is 2.33. The quantitative estimate of drug-likeness (QED) is 0.177. The summed E-state index contributed by atoms with van der Waals surface area (Å²) in [6.45, 7) is 3.58. The molecular weight excluding hydrogens is 558 g/mol. The summed E-state index contributed by atoms with van der Waals surface area (Å²) in [7, 11) is 1.55. The fourth-order valence-corrected chi connectivity index (χ4v) is 5.65. The molecule has 40 heavy (non-hydrogen) atoms. The Bertz CT molecular complexity index is 1850. The average Bonchev–Trinajstić information content (AvgIpc) is 3.52. The van der Waals surface area contributed by atoms with Crippen molar-refractivity contribution in [2.24, 2.45) is 4.99 Å². The third-order valence-corrected chi connectivity index (χ3v) is 7.49. The van der Waals surface area contributed by atoms with Gasteiger partial charge in [0, 0.05) is 17.2 Å². The Morgan fingerprint density at radius 3 is 2.65 bits per heavy atom. The summed E-state index contributed by atoms with van der Waals surface area (Å²) in [5.74, 6) is 0.633. The standard InChI is InChI=1S/C28H22ClN3O7S/c1-4-38-27(34)24-15(2)30-28-31(25(24)16-5-8-18(37-3)9-6-16)26(33)23(40-28)14-19-10-12-22(39-19)20-11-7-17(29)13-21(20)32(35)36/h5-14,25H,4H2,1-3H3/b23-14-/t25-/m1/s1. The zero-order valence-corrected chi connectivity index (χ0v) is 23.1. The van der Waals surface area contributed by atoms with Crippen molar-refractivity contribution in [1.29, 1.82) is 0 Å². The number of furan rings is 1. The number of fused-ring (bicyclic) bond motifs is 1. The minimum absolute atomic E-state index is 0.169. The van der Waals surface area contributed by atoms with E-state index in [1.165, 1.54) is 22.8 Å². The molecule has 0 radical (unpaired) electrons. The molecule has 1 aliphatic heterocycles. The van der Waals surface area contributed by atoms with Crippen LogP contribution in [-0.2, 0) is 9.53 Å². The fourth-order valence-electron chi connectivity index (χ4n) is 4.46. The number of allylic oxidation sites excluding steroid dienone is 1. The molecule has 2 aromatic heterocycles. The molecule has 1 atom stereocenters. The lowest BCUT2D eigenvalue weighted by Gasteiger charge is -2.24. The van der Waals surface area contributed by atoms with Gasteiger partial charge in [0.15, 0.2) is 4.80 Å². The van der Waals surface area contributed by atoms with Crippen LogP contribution >= 0.6 is 22.9 Å². The first-order chi connectivity index (χ1) is 19.2. The Hall–Kier alpha value is -4.48. The highest BCUT2D eigenvalue weighted by atomic mass is 35.5. The Morgan fingerprint density at radius 1 is 1.23 bits per heavy atom. The normalized spacial score (nSPS) is 15.0. The molecule has 1 aliphatic rings. The van der Waals surface area contributed by atoms with E-state index in [1.54, 1.807) is 63.4 Å². The summed E-state index contributed by atoms with van der Waals surface area (Å²) >= 11 is 7.07. The number of thiazole rings is 1. The van der Waals surface area contributed by atoms with Crippen molar-refractivity contribution in [1.82, 2.24) is 4.57 Å². The summed E-state index contributed by atoms with van der Waals surface area (Å²) < 4.78 is 18.2. The number of nitro groups is 1. The summed E-state index contributed by atoms with van der Waals surface area (Å²) in [6, 6.07) is 13.8. The first-order valence-corrected chi connectivity index (χ1v) is 13.3. The number of rotatable bonds is 7. The van der Waals surface area contributed by atoms with E-state index in [2.05, 4.69) is 4.99 Å². The third kappa shape index (κ3) is 4.96. The van der Waals surface area contributed by atoms with Gasteiger partial charge in [-0.1, -0.05) is 35.1 Å². The number of benzene rings is 2. The minimum Gasteiger partial charge on any atom is -0.497 e. The molecular formula is C28H22ClN3O7S. The number of methoxy groups -OCH3 is 1. The van der Waals surface area contributed by atoms with Crippen LogP contribution in [0.15, 0.2) is 80.1 Å². The number of carbonyl (C=O) groups is 1. The van der Waals surface area contributed by atoms with Gasteiger partial charge in [-0.15, -0.1) is 0 Å². The molecule has 0 amide bonds. The molecule has 0 N–H and O–H groups in total. The van der Waals surface area contributed by atoms with Crippen molar-refractivity contribution in [2.45, 2.75) is 19.9 Å². The van der Waals surface area contributed by atoms with Gasteiger partial charge in [-0.3, -0.25) is 19.5 Å². The van der Waals surface area contributed by atoms with Crippen LogP contribution in [0.2, 0.25) is 5.02 Å². The SMILES string of the molecule is CCOC(=O)C1=C(C)N=c2s/c(=C\c3ccc(-c4ccc(Cl)cc4[N+](=O)[O-])o3)c(=O)n2[C@@H]1c1ccc(OC)cc1. The molecule has 0 saturated heterocycles. The van der Waals surface area contributed by atoms with Crippen LogP contribution < -0.4 is 19.6 Å². The Morgan fingerprint density at radius 2 is 1.98 bits per heavy atom. The highest BCUT2D eigenvalue weighted by molar-refractivity contribution is 7.07. The Labute approximate surface area is 236 Å². The van der Waals surface area contributed by atoms with Crippen LogP contribution in [0.3, 0.4) is 0 Å². The zero-order valence-electron chi connectivity index (χ0n) is 21.5. The number of halogens is 1. The van der Waals surface area contributed by atoms with Crippen molar-refractivity contribution in [3.63, 3.8) is 0 Å². The second-order valence-electron chi connectivity index (χ2n) is 8.70. The molecule has 0 spiro atoms. The predicted octanol–water partition coefficient (Wildman–Crippen LogP) is 4.63. The molecule has 0 saturated carbocycles. The lowest BCUT2D eigenvalue weighted by Crippen LogP contribution is -2.39. The van der Waals surface area contributed by atoms with E-state index in [1.807, 2.05) is 0 Å². The van der Waals surface area contributed by atoms with Gasteiger partial charge in [-0.05, 0) is 55.8 Å². The van der Waals surface area contributed by atoms with E-state index in [4.69, 9.17) is 25.5 Å². The van der Waals surface area contributed by atoms with E-state index in [0.29, 0.717) is 32.1 Å². The van der Waals surface area contributed by atoms with Crippen LogP contribution in [0.4, 0.5) is 5.69 Å². The van der Waals surface area contributed by atoms with Crippen LogP contribution in [0.25, 0.3) is 17.4 Å². The smallest absolute Gasteiger partial charge is 0.338 e. The number of carbonyl (C=O) groups excluding carboxylic acids is 1. The van der Waals surface area contributed by atoms with Crippen LogP contribution in [-0.4, -0.2) is 29.2 Å². The van der Waals surface area contributed by atoms with Crippen LogP contribution in [0.5, 0.6) is 5.75 Å². The molecule has 0 fully saturated rings. The molecule has 10 nitrogen and oxygen atoms in total. The highest BCUT2D eigenvalue weighted by Crippen LogP contribution is 2.34.